The first kappa shape index (κ1) is 9.09. The zero-order chi connectivity index (χ0) is 11.0. The lowest BCUT2D eigenvalue weighted by molar-refractivity contribution is 1.25. The number of nitrogens with zero attached hydrogens (tertiary/aromatic N) is 2. The van der Waals surface area contributed by atoms with E-state index in [0.29, 0.717) is 0 Å². The molecule has 0 amide bonds. The predicted molar refractivity (Wildman–Crippen MR) is 64.1 cm³/mol. The van der Waals surface area contributed by atoms with Crippen LogP contribution in [-0.4, -0.2) is 15.0 Å². The van der Waals surface area contributed by atoms with Gasteiger partial charge in [0.15, 0.2) is 0 Å². The molecule has 0 saturated carbocycles. The molecule has 78 valence electrons. The van der Waals surface area contributed by atoms with Crippen LogP contribution in [-0.2, 0) is 0 Å². The Bertz CT molecular complexity index is 626. The monoisotopic (exact) mass is 209 g/mol. The van der Waals surface area contributed by atoms with Crippen LogP contribution in [0.5, 0.6) is 0 Å². The minimum atomic E-state index is 0.929. The van der Waals surface area contributed by atoms with Gasteiger partial charge in [0.05, 0.1) is 0 Å². The van der Waals surface area contributed by atoms with Gasteiger partial charge in [-0.25, -0.2) is 4.98 Å². The summed E-state index contributed by atoms with van der Waals surface area (Å²) in [5.74, 6) is 0. The van der Waals surface area contributed by atoms with E-state index in [1.807, 2.05) is 18.3 Å². The van der Waals surface area contributed by atoms with Gasteiger partial charge in [-0.2, -0.15) is 0 Å². The molecule has 3 nitrogen and oxygen atoms in total. The number of hydrogen-bond acceptors (Lipinski definition) is 2. The molecule has 1 N–H and O–H groups in total. The SMILES string of the molecule is Cc1[nH]c2ncccc2c1-c1cccnc1. The Morgan fingerprint density at radius 1 is 1.12 bits per heavy atom. The van der Waals surface area contributed by atoms with E-state index in [4.69, 9.17) is 0 Å². The fourth-order valence-corrected chi connectivity index (χ4v) is 2.03. The van der Waals surface area contributed by atoms with Gasteiger partial charge >= 0.3 is 0 Å². The summed E-state index contributed by atoms with van der Waals surface area (Å²) in [6, 6.07) is 8.04. The van der Waals surface area contributed by atoms with Gasteiger partial charge in [-0.3, -0.25) is 4.98 Å². The second-order valence-electron chi connectivity index (χ2n) is 3.77. The maximum absolute atomic E-state index is 4.31. The molecule has 16 heavy (non-hydrogen) atoms. The average molecular weight is 209 g/mol. The zero-order valence-electron chi connectivity index (χ0n) is 8.94. The number of aromatic amines is 1. The molecule has 0 atom stereocenters. The summed E-state index contributed by atoms with van der Waals surface area (Å²) in [5.41, 5.74) is 4.37. The first-order chi connectivity index (χ1) is 7.86. The van der Waals surface area contributed by atoms with E-state index >= 15 is 0 Å². The van der Waals surface area contributed by atoms with E-state index in [1.165, 1.54) is 5.56 Å². The fourth-order valence-electron chi connectivity index (χ4n) is 2.03. The number of nitrogens with one attached hydrogen (secondary N) is 1. The molecule has 0 aromatic carbocycles. The third-order valence-electron chi connectivity index (χ3n) is 2.71. The molecule has 3 aromatic rings. The molecular weight excluding hydrogens is 198 g/mol. The van der Waals surface area contributed by atoms with Gasteiger partial charge in [-0.15, -0.1) is 0 Å². The first-order valence-electron chi connectivity index (χ1n) is 5.20. The second-order valence-corrected chi connectivity index (χ2v) is 3.77. The van der Waals surface area contributed by atoms with Crippen LogP contribution in [0.15, 0.2) is 42.9 Å². The molecule has 3 heterocycles. The Kier molecular flexibility index (Phi) is 1.96. The van der Waals surface area contributed by atoms with Crippen LogP contribution in [0.25, 0.3) is 22.2 Å². The highest BCUT2D eigenvalue weighted by Gasteiger charge is 2.10. The van der Waals surface area contributed by atoms with Crippen LogP contribution in [0.4, 0.5) is 0 Å². The van der Waals surface area contributed by atoms with Gasteiger partial charge in [-0.05, 0) is 25.1 Å². The van der Waals surface area contributed by atoms with Crippen molar-refractivity contribution < 1.29 is 0 Å². The normalized spacial score (nSPS) is 10.8. The maximum Gasteiger partial charge on any atom is 0.138 e. The topological polar surface area (TPSA) is 41.6 Å². The van der Waals surface area contributed by atoms with Crippen LogP contribution >= 0.6 is 0 Å². The van der Waals surface area contributed by atoms with Crippen molar-refractivity contribution in [3.8, 4) is 11.1 Å². The molecule has 0 aliphatic heterocycles. The van der Waals surface area contributed by atoms with E-state index < -0.39 is 0 Å². The van der Waals surface area contributed by atoms with Crippen LogP contribution in [0.2, 0.25) is 0 Å². The molecule has 0 aliphatic rings. The van der Waals surface area contributed by atoms with Crippen LogP contribution < -0.4 is 0 Å². The van der Waals surface area contributed by atoms with Crippen molar-refractivity contribution in [3.63, 3.8) is 0 Å². The molecule has 0 saturated heterocycles. The summed E-state index contributed by atoms with van der Waals surface area (Å²) in [5, 5.41) is 1.15. The molecule has 0 radical (unpaired) electrons. The van der Waals surface area contributed by atoms with Crippen LogP contribution in [0.1, 0.15) is 5.69 Å². The third-order valence-corrected chi connectivity index (χ3v) is 2.71. The molecule has 3 heteroatoms. The van der Waals surface area contributed by atoms with Gasteiger partial charge < -0.3 is 4.98 Å². The number of pyridine rings is 2. The second kappa shape index (κ2) is 3.45. The van der Waals surface area contributed by atoms with Gasteiger partial charge in [0, 0.05) is 40.8 Å². The van der Waals surface area contributed by atoms with Crippen molar-refractivity contribution in [3.05, 3.63) is 48.5 Å². The van der Waals surface area contributed by atoms with E-state index in [9.17, 15) is 0 Å². The first-order valence-corrected chi connectivity index (χ1v) is 5.20. The zero-order valence-corrected chi connectivity index (χ0v) is 8.94. The average Bonchev–Trinajstić information content (AvgIpc) is 2.66. The highest BCUT2D eigenvalue weighted by molar-refractivity contribution is 5.95. The van der Waals surface area contributed by atoms with E-state index in [0.717, 1.165) is 22.3 Å². The number of H-pyrrole nitrogens is 1. The van der Waals surface area contributed by atoms with Gasteiger partial charge in [0.1, 0.15) is 5.65 Å². The maximum atomic E-state index is 4.31. The Labute approximate surface area is 93.2 Å². The minimum Gasteiger partial charge on any atom is -0.343 e. The summed E-state index contributed by atoms with van der Waals surface area (Å²) in [6.45, 7) is 2.06. The number of aromatic nitrogens is 3. The molecular formula is C13H11N3. The molecule has 0 aliphatic carbocycles. The number of hydrogen-bond donors (Lipinski definition) is 1. The Balaban J connectivity index is 2.35. The largest absolute Gasteiger partial charge is 0.343 e. The lowest BCUT2D eigenvalue weighted by atomic mass is 10.1. The summed E-state index contributed by atoms with van der Waals surface area (Å²) in [7, 11) is 0. The molecule has 3 rings (SSSR count). The highest BCUT2D eigenvalue weighted by atomic mass is 14.9. The Morgan fingerprint density at radius 2 is 2.00 bits per heavy atom. The highest BCUT2D eigenvalue weighted by Crippen LogP contribution is 2.30. The van der Waals surface area contributed by atoms with Crippen LogP contribution in [0, 0.1) is 6.92 Å². The summed E-state index contributed by atoms with van der Waals surface area (Å²) >= 11 is 0. The van der Waals surface area contributed by atoms with E-state index in [1.54, 1.807) is 12.4 Å². The Morgan fingerprint density at radius 3 is 2.81 bits per heavy atom. The lowest BCUT2D eigenvalue weighted by Gasteiger charge is -1.99. The standard InChI is InChI=1S/C13H11N3/c1-9-12(10-4-2-6-14-8-10)11-5-3-7-15-13(11)16-9/h2-8H,1H3,(H,15,16). The molecule has 0 spiro atoms. The number of fused-ring (bicyclic) bond motifs is 1. The molecule has 0 unspecified atom stereocenters. The lowest BCUT2D eigenvalue weighted by Crippen LogP contribution is -1.80. The van der Waals surface area contributed by atoms with Crippen molar-refractivity contribution >= 4 is 11.0 Å². The fraction of sp³-hybridized carbons (Fsp3) is 0.0769. The van der Waals surface area contributed by atoms with Crippen molar-refractivity contribution in [1.29, 1.82) is 0 Å². The quantitative estimate of drug-likeness (QED) is 0.669. The minimum absolute atomic E-state index is 0.929. The third kappa shape index (κ3) is 1.29. The molecule has 0 bridgehead atoms. The molecule has 0 fully saturated rings. The van der Waals surface area contributed by atoms with Gasteiger partial charge in [0.25, 0.3) is 0 Å². The summed E-state index contributed by atoms with van der Waals surface area (Å²) in [6.07, 6.45) is 5.46. The summed E-state index contributed by atoms with van der Waals surface area (Å²) < 4.78 is 0. The summed E-state index contributed by atoms with van der Waals surface area (Å²) in [4.78, 5) is 11.8. The van der Waals surface area contributed by atoms with Crippen molar-refractivity contribution in [2.24, 2.45) is 0 Å². The molecule has 3 aromatic heterocycles. The van der Waals surface area contributed by atoms with Crippen LogP contribution in [0.3, 0.4) is 0 Å². The van der Waals surface area contributed by atoms with Crippen molar-refractivity contribution in [2.45, 2.75) is 6.92 Å². The number of rotatable bonds is 1. The van der Waals surface area contributed by atoms with Crippen molar-refractivity contribution in [1.82, 2.24) is 15.0 Å². The Hall–Kier alpha value is -2.16. The predicted octanol–water partition coefficient (Wildman–Crippen LogP) is 2.93. The van der Waals surface area contributed by atoms with Gasteiger partial charge in [0.2, 0.25) is 0 Å². The van der Waals surface area contributed by atoms with Crippen molar-refractivity contribution in [2.75, 3.05) is 0 Å². The number of aryl methyl sites for hydroxylation is 1. The van der Waals surface area contributed by atoms with Gasteiger partial charge in [-0.1, -0.05) is 6.07 Å². The smallest absolute Gasteiger partial charge is 0.138 e. The van der Waals surface area contributed by atoms with E-state index in [2.05, 4.69) is 34.0 Å². The van der Waals surface area contributed by atoms with E-state index in [-0.39, 0.29) is 0 Å².